The van der Waals surface area contributed by atoms with E-state index < -0.39 is 6.09 Å². The van der Waals surface area contributed by atoms with Gasteiger partial charge in [0.25, 0.3) is 0 Å². The van der Waals surface area contributed by atoms with Crippen LogP contribution < -0.4 is 11.1 Å². The number of hydrogen-bond donors (Lipinski definition) is 2. The van der Waals surface area contributed by atoms with E-state index in [-0.39, 0.29) is 11.6 Å². The number of ether oxygens (including phenoxy) is 1. The van der Waals surface area contributed by atoms with Gasteiger partial charge in [-0.25, -0.2) is 4.79 Å². The summed E-state index contributed by atoms with van der Waals surface area (Å²) in [7, 11) is 0. The van der Waals surface area contributed by atoms with Crippen molar-refractivity contribution >= 4 is 23.3 Å². The molecule has 1 rings (SSSR count). The number of thiocarbonyl (C=S) groups is 1. The van der Waals surface area contributed by atoms with Crippen LogP contribution in [0.1, 0.15) is 12.5 Å². The fourth-order valence-corrected chi connectivity index (χ4v) is 1.31. The number of rotatable bonds is 4. The summed E-state index contributed by atoms with van der Waals surface area (Å²) in [6.07, 6.45) is 1.04. The molecular formula is C12H14N2O2S. The van der Waals surface area contributed by atoms with Crippen LogP contribution in [-0.2, 0) is 11.3 Å². The number of carbonyl (C=O) groups is 1. The van der Waals surface area contributed by atoms with Gasteiger partial charge in [-0.15, -0.1) is 0 Å². The van der Waals surface area contributed by atoms with Crippen LogP contribution in [-0.4, -0.2) is 11.1 Å². The number of allylic oxidation sites excluding steroid dienone is 1. The summed E-state index contributed by atoms with van der Waals surface area (Å²) in [5.41, 5.74) is 6.70. The highest BCUT2D eigenvalue weighted by Crippen LogP contribution is 2.01. The molecule has 90 valence electrons. The van der Waals surface area contributed by atoms with E-state index in [4.69, 9.17) is 22.7 Å². The molecule has 1 amide bonds. The van der Waals surface area contributed by atoms with Crippen LogP contribution in [0.15, 0.2) is 42.1 Å². The monoisotopic (exact) mass is 250 g/mol. The smallest absolute Gasteiger partial charge is 0.412 e. The van der Waals surface area contributed by atoms with E-state index in [1.54, 1.807) is 13.0 Å². The van der Waals surface area contributed by atoms with Gasteiger partial charge in [0.15, 0.2) is 0 Å². The Bertz CT molecular complexity index is 429. The lowest BCUT2D eigenvalue weighted by atomic mass is 10.2. The summed E-state index contributed by atoms with van der Waals surface area (Å²) in [5, 5.41) is 2.47. The molecule has 0 saturated carbocycles. The molecule has 0 radical (unpaired) electrons. The number of amides is 1. The van der Waals surface area contributed by atoms with E-state index in [1.807, 2.05) is 30.3 Å². The van der Waals surface area contributed by atoms with Crippen LogP contribution in [0.5, 0.6) is 0 Å². The lowest BCUT2D eigenvalue weighted by Gasteiger charge is -2.08. The molecule has 1 aromatic rings. The molecular weight excluding hydrogens is 236 g/mol. The standard InChI is InChI=1S/C12H14N2O2S/c1-2-10(11(13)17)14-12(15)16-8-9-6-4-3-5-7-9/h2-7H,8H2,1H3,(H2,13,17)(H,14,15)/b10-2+. The number of benzene rings is 1. The first-order valence-corrected chi connectivity index (χ1v) is 5.48. The molecule has 0 bridgehead atoms. The molecule has 0 fully saturated rings. The maximum Gasteiger partial charge on any atom is 0.412 e. The summed E-state index contributed by atoms with van der Waals surface area (Å²) in [6, 6.07) is 9.40. The van der Waals surface area contributed by atoms with Crippen LogP contribution >= 0.6 is 12.2 Å². The second-order valence-electron chi connectivity index (χ2n) is 3.25. The summed E-state index contributed by atoms with van der Waals surface area (Å²) < 4.78 is 5.00. The highest BCUT2D eigenvalue weighted by Gasteiger charge is 2.06. The van der Waals surface area contributed by atoms with Crippen molar-refractivity contribution in [2.24, 2.45) is 5.73 Å². The molecule has 4 nitrogen and oxygen atoms in total. The highest BCUT2D eigenvalue weighted by atomic mass is 32.1. The first-order chi connectivity index (χ1) is 8.13. The minimum Gasteiger partial charge on any atom is -0.444 e. The predicted molar refractivity (Wildman–Crippen MR) is 70.3 cm³/mol. The zero-order chi connectivity index (χ0) is 12.7. The molecule has 0 spiro atoms. The van der Waals surface area contributed by atoms with Gasteiger partial charge in [0.05, 0.1) is 5.70 Å². The largest absolute Gasteiger partial charge is 0.444 e. The zero-order valence-electron chi connectivity index (χ0n) is 9.47. The summed E-state index contributed by atoms with van der Waals surface area (Å²) in [5.74, 6) is 0. The SMILES string of the molecule is C/C=C(/NC(=O)OCc1ccccc1)C(N)=S. The van der Waals surface area contributed by atoms with E-state index in [2.05, 4.69) is 5.32 Å². The molecule has 0 aromatic heterocycles. The minimum absolute atomic E-state index is 0.129. The second-order valence-corrected chi connectivity index (χ2v) is 3.69. The van der Waals surface area contributed by atoms with Crippen molar-refractivity contribution in [3.63, 3.8) is 0 Å². The van der Waals surface area contributed by atoms with Gasteiger partial charge in [-0.3, -0.25) is 5.32 Å². The van der Waals surface area contributed by atoms with Crippen molar-refractivity contribution in [3.8, 4) is 0 Å². The number of hydrogen-bond acceptors (Lipinski definition) is 3. The van der Waals surface area contributed by atoms with Gasteiger partial charge in [-0.1, -0.05) is 48.6 Å². The quantitative estimate of drug-likeness (QED) is 0.634. The van der Waals surface area contributed by atoms with Crippen LogP contribution in [0.25, 0.3) is 0 Å². The van der Waals surface area contributed by atoms with Gasteiger partial charge in [0, 0.05) is 0 Å². The Labute approximate surface area is 105 Å². The van der Waals surface area contributed by atoms with Crippen molar-refractivity contribution in [1.29, 1.82) is 0 Å². The number of nitrogens with two attached hydrogens (primary N) is 1. The third kappa shape index (κ3) is 4.65. The molecule has 17 heavy (non-hydrogen) atoms. The highest BCUT2D eigenvalue weighted by molar-refractivity contribution is 7.80. The lowest BCUT2D eigenvalue weighted by molar-refractivity contribution is 0.143. The number of carbonyl (C=O) groups excluding carboxylic acids is 1. The van der Waals surface area contributed by atoms with E-state index in [0.717, 1.165) is 5.56 Å². The average molecular weight is 250 g/mol. The van der Waals surface area contributed by atoms with Gasteiger partial charge in [-0.05, 0) is 12.5 Å². The van der Waals surface area contributed by atoms with Crippen LogP contribution in [0.4, 0.5) is 4.79 Å². The minimum atomic E-state index is -0.574. The maximum absolute atomic E-state index is 11.4. The molecule has 5 heteroatoms. The summed E-state index contributed by atoms with van der Waals surface area (Å²) >= 11 is 4.75. The summed E-state index contributed by atoms with van der Waals surface area (Å²) in [6.45, 7) is 1.94. The number of alkyl carbamates (subject to hydrolysis) is 1. The fraction of sp³-hybridized carbons (Fsp3) is 0.167. The van der Waals surface area contributed by atoms with Gasteiger partial charge in [0.2, 0.25) is 0 Å². The van der Waals surface area contributed by atoms with Gasteiger partial charge >= 0.3 is 6.09 Å². The maximum atomic E-state index is 11.4. The third-order valence-electron chi connectivity index (χ3n) is 2.00. The Morgan fingerprint density at radius 2 is 2.12 bits per heavy atom. The van der Waals surface area contributed by atoms with Crippen molar-refractivity contribution in [1.82, 2.24) is 5.32 Å². The second kappa shape index (κ2) is 6.65. The first-order valence-electron chi connectivity index (χ1n) is 5.07. The molecule has 0 aliphatic carbocycles. The Kier molecular flexibility index (Phi) is 5.16. The lowest BCUT2D eigenvalue weighted by Crippen LogP contribution is -2.30. The third-order valence-corrected chi connectivity index (χ3v) is 2.22. The van der Waals surface area contributed by atoms with Crippen molar-refractivity contribution in [2.75, 3.05) is 0 Å². The molecule has 1 aromatic carbocycles. The van der Waals surface area contributed by atoms with Crippen molar-refractivity contribution < 1.29 is 9.53 Å². The van der Waals surface area contributed by atoms with E-state index in [1.165, 1.54) is 0 Å². The molecule has 0 saturated heterocycles. The Balaban J connectivity index is 2.43. The Morgan fingerprint density at radius 3 is 2.65 bits per heavy atom. The van der Waals surface area contributed by atoms with Crippen LogP contribution in [0.3, 0.4) is 0 Å². The number of nitrogens with one attached hydrogen (secondary N) is 1. The molecule has 0 aliphatic heterocycles. The van der Waals surface area contributed by atoms with E-state index >= 15 is 0 Å². The van der Waals surface area contributed by atoms with E-state index in [0.29, 0.717) is 5.70 Å². The van der Waals surface area contributed by atoms with Gasteiger partial charge in [-0.2, -0.15) is 0 Å². The van der Waals surface area contributed by atoms with Crippen LogP contribution in [0, 0.1) is 0 Å². The van der Waals surface area contributed by atoms with Crippen molar-refractivity contribution in [3.05, 3.63) is 47.7 Å². The molecule has 0 aliphatic rings. The Morgan fingerprint density at radius 1 is 1.47 bits per heavy atom. The fourth-order valence-electron chi connectivity index (χ4n) is 1.15. The van der Waals surface area contributed by atoms with Gasteiger partial charge in [0.1, 0.15) is 11.6 Å². The van der Waals surface area contributed by atoms with Crippen molar-refractivity contribution in [2.45, 2.75) is 13.5 Å². The molecule has 0 heterocycles. The molecule has 0 atom stereocenters. The molecule has 3 N–H and O–H groups in total. The normalized spacial score (nSPS) is 10.8. The zero-order valence-corrected chi connectivity index (χ0v) is 10.3. The summed E-state index contributed by atoms with van der Waals surface area (Å²) in [4.78, 5) is 11.5. The van der Waals surface area contributed by atoms with Gasteiger partial charge < -0.3 is 10.5 Å². The average Bonchev–Trinajstić information content (AvgIpc) is 2.34. The van der Waals surface area contributed by atoms with E-state index in [9.17, 15) is 4.79 Å². The predicted octanol–water partition coefficient (Wildman–Crippen LogP) is 2.10. The topological polar surface area (TPSA) is 64.3 Å². The Hall–Kier alpha value is -1.88. The first kappa shape index (κ1) is 13.2. The van der Waals surface area contributed by atoms with Crippen LogP contribution in [0.2, 0.25) is 0 Å². The molecule has 0 unspecified atom stereocenters.